The first kappa shape index (κ1) is 14.7. The van der Waals surface area contributed by atoms with Crippen LogP contribution in [0.4, 0.5) is 11.6 Å². The van der Waals surface area contributed by atoms with Crippen molar-refractivity contribution >= 4 is 35.0 Å². The summed E-state index contributed by atoms with van der Waals surface area (Å²) in [5.41, 5.74) is 0. The number of ether oxygens (including phenoxy) is 1. The van der Waals surface area contributed by atoms with Gasteiger partial charge in [-0.3, -0.25) is 4.79 Å². The number of nitrogens with one attached hydrogen (secondary N) is 1. The van der Waals surface area contributed by atoms with E-state index in [1.54, 1.807) is 23.5 Å². The molecule has 2 aromatic heterocycles. The Morgan fingerprint density at radius 2 is 2.23 bits per heavy atom. The van der Waals surface area contributed by atoms with Crippen molar-refractivity contribution in [2.24, 2.45) is 0 Å². The maximum Gasteiger partial charge on any atom is 0.249 e. The summed E-state index contributed by atoms with van der Waals surface area (Å²) in [5.74, 6) is 1.09. The van der Waals surface area contributed by atoms with Crippen molar-refractivity contribution in [2.45, 2.75) is 0 Å². The molecule has 1 amide bonds. The quantitative estimate of drug-likeness (QED) is 0.874. The van der Waals surface area contributed by atoms with Crippen LogP contribution >= 0.6 is 11.3 Å². The molecule has 0 unspecified atom stereocenters. The Kier molecular flexibility index (Phi) is 4.77. The number of anilines is 2. The monoisotopic (exact) mass is 316 g/mol. The third kappa shape index (κ3) is 3.90. The molecular weight excluding hydrogens is 300 g/mol. The summed E-state index contributed by atoms with van der Waals surface area (Å²) in [6.07, 6.45) is 4.75. The van der Waals surface area contributed by atoms with E-state index in [9.17, 15) is 4.79 Å². The number of aromatic nitrogens is 2. The van der Waals surface area contributed by atoms with E-state index in [-0.39, 0.29) is 5.91 Å². The lowest BCUT2D eigenvalue weighted by Gasteiger charge is -2.27. The normalized spacial score (nSPS) is 15.2. The minimum absolute atomic E-state index is 0.208. The minimum Gasteiger partial charge on any atom is -0.378 e. The van der Waals surface area contributed by atoms with Gasteiger partial charge in [-0.1, -0.05) is 6.07 Å². The number of nitrogens with zero attached hydrogens (tertiary/aromatic N) is 3. The van der Waals surface area contributed by atoms with Crippen molar-refractivity contribution in [3.05, 3.63) is 40.9 Å². The van der Waals surface area contributed by atoms with Crippen LogP contribution in [0.3, 0.4) is 0 Å². The molecule has 1 aliphatic rings. The van der Waals surface area contributed by atoms with Crippen molar-refractivity contribution in [1.82, 2.24) is 9.97 Å². The van der Waals surface area contributed by atoms with Gasteiger partial charge in [-0.2, -0.15) is 0 Å². The molecule has 2 aromatic rings. The van der Waals surface area contributed by atoms with Gasteiger partial charge in [0.05, 0.1) is 13.2 Å². The molecule has 1 aliphatic heterocycles. The number of amides is 1. The molecule has 0 radical (unpaired) electrons. The maximum absolute atomic E-state index is 11.9. The van der Waals surface area contributed by atoms with Crippen LogP contribution in [0.5, 0.6) is 0 Å². The van der Waals surface area contributed by atoms with Gasteiger partial charge in [-0.15, -0.1) is 11.3 Å². The Bertz CT molecular complexity index is 651. The van der Waals surface area contributed by atoms with Crippen molar-refractivity contribution in [3.8, 4) is 0 Å². The zero-order valence-corrected chi connectivity index (χ0v) is 12.8. The SMILES string of the molecule is O=C(C=Cc1cccs1)Nc1cc(N2CCOCC2)ncn1. The first-order chi connectivity index (χ1) is 10.8. The number of hydrogen-bond donors (Lipinski definition) is 1. The molecule has 3 rings (SSSR count). The zero-order chi connectivity index (χ0) is 15.2. The largest absolute Gasteiger partial charge is 0.378 e. The summed E-state index contributed by atoms with van der Waals surface area (Å²) >= 11 is 1.58. The standard InChI is InChI=1S/C15H16N4O2S/c20-15(4-3-12-2-1-9-22-12)18-13-10-14(17-11-16-13)19-5-7-21-8-6-19/h1-4,9-11H,5-8H2,(H,16,17,18,20). The second-order valence-corrected chi connectivity index (χ2v) is 5.68. The Morgan fingerprint density at radius 1 is 1.36 bits per heavy atom. The average Bonchev–Trinajstić information content (AvgIpc) is 3.08. The highest BCUT2D eigenvalue weighted by atomic mass is 32.1. The molecule has 114 valence electrons. The highest BCUT2D eigenvalue weighted by Crippen LogP contribution is 2.15. The van der Waals surface area contributed by atoms with Gasteiger partial charge >= 0.3 is 0 Å². The predicted octanol–water partition coefficient (Wildman–Crippen LogP) is 2.03. The summed E-state index contributed by atoms with van der Waals surface area (Å²) in [7, 11) is 0. The number of carbonyl (C=O) groups excluding carboxylic acids is 1. The highest BCUT2D eigenvalue weighted by molar-refractivity contribution is 7.10. The number of carbonyl (C=O) groups is 1. The molecule has 22 heavy (non-hydrogen) atoms. The molecular formula is C15H16N4O2S. The van der Waals surface area contributed by atoms with E-state index in [0.717, 1.165) is 23.8 Å². The number of thiophene rings is 1. The predicted molar refractivity (Wildman–Crippen MR) is 87.0 cm³/mol. The van der Waals surface area contributed by atoms with Gasteiger partial charge in [0.15, 0.2) is 0 Å². The summed E-state index contributed by atoms with van der Waals surface area (Å²) in [6, 6.07) is 5.68. The lowest BCUT2D eigenvalue weighted by atomic mass is 10.3. The zero-order valence-electron chi connectivity index (χ0n) is 11.9. The molecule has 0 aliphatic carbocycles. The van der Waals surface area contributed by atoms with Crippen LogP contribution in [0.25, 0.3) is 6.08 Å². The number of rotatable bonds is 4. The fraction of sp³-hybridized carbons (Fsp3) is 0.267. The van der Waals surface area contributed by atoms with Crippen molar-refractivity contribution in [3.63, 3.8) is 0 Å². The van der Waals surface area contributed by atoms with E-state index in [0.29, 0.717) is 19.0 Å². The molecule has 0 saturated carbocycles. The Balaban J connectivity index is 1.63. The van der Waals surface area contributed by atoms with Gasteiger partial charge in [-0.25, -0.2) is 9.97 Å². The highest BCUT2D eigenvalue weighted by Gasteiger charge is 2.13. The van der Waals surface area contributed by atoms with E-state index in [2.05, 4.69) is 20.2 Å². The topological polar surface area (TPSA) is 67.4 Å². The molecule has 1 N–H and O–H groups in total. The summed E-state index contributed by atoms with van der Waals surface area (Å²) in [4.78, 5) is 23.4. The smallest absolute Gasteiger partial charge is 0.249 e. The molecule has 7 heteroatoms. The van der Waals surface area contributed by atoms with E-state index >= 15 is 0 Å². The second kappa shape index (κ2) is 7.15. The number of morpholine rings is 1. The summed E-state index contributed by atoms with van der Waals surface area (Å²) in [5, 5.41) is 4.72. The Labute approximate surface area is 132 Å². The molecule has 0 spiro atoms. The van der Waals surface area contributed by atoms with E-state index in [1.165, 1.54) is 12.4 Å². The van der Waals surface area contributed by atoms with Crippen LogP contribution in [0, 0.1) is 0 Å². The molecule has 1 saturated heterocycles. The van der Waals surface area contributed by atoms with Crippen LogP contribution in [0.1, 0.15) is 4.88 Å². The molecule has 1 fully saturated rings. The van der Waals surface area contributed by atoms with Crippen LogP contribution in [0.2, 0.25) is 0 Å². The van der Waals surface area contributed by atoms with Crippen LogP contribution in [0.15, 0.2) is 36.0 Å². The Morgan fingerprint density at radius 3 is 3.00 bits per heavy atom. The van der Waals surface area contributed by atoms with E-state index in [1.807, 2.05) is 17.5 Å². The minimum atomic E-state index is -0.208. The molecule has 3 heterocycles. The second-order valence-electron chi connectivity index (χ2n) is 4.70. The van der Waals surface area contributed by atoms with Crippen LogP contribution < -0.4 is 10.2 Å². The fourth-order valence-corrected chi connectivity index (χ4v) is 2.71. The molecule has 0 atom stereocenters. The van der Waals surface area contributed by atoms with Gasteiger partial charge in [0.1, 0.15) is 18.0 Å². The molecule has 6 nitrogen and oxygen atoms in total. The summed E-state index contributed by atoms with van der Waals surface area (Å²) < 4.78 is 5.32. The van der Waals surface area contributed by atoms with Gasteiger partial charge in [0.25, 0.3) is 0 Å². The van der Waals surface area contributed by atoms with Crippen molar-refractivity contribution in [2.75, 3.05) is 36.5 Å². The molecule has 0 aromatic carbocycles. The van der Waals surface area contributed by atoms with E-state index < -0.39 is 0 Å². The first-order valence-corrected chi connectivity index (χ1v) is 7.86. The van der Waals surface area contributed by atoms with Gasteiger partial charge < -0.3 is 15.0 Å². The first-order valence-electron chi connectivity index (χ1n) is 6.98. The van der Waals surface area contributed by atoms with Crippen LogP contribution in [-0.4, -0.2) is 42.2 Å². The Hall–Kier alpha value is -2.25. The maximum atomic E-state index is 11.9. The third-order valence-electron chi connectivity index (χ3n) is 3.18. The fourth-order valence-electron chi connectivity index (χ4n) is 2.09. The van der Waals surface area contributed by atoms with Crippen molar-refractivity contribution in [1.29, 1.82) is 0 Å². The third-order valence-corrected chi connectivity index (χ3v) is 4.02. The summed E-state index contributed by atoms with van der Waals surface area (Å²) in [6.45, 7) is 2.97. The lowest BCUT2D eigenvalue weighted by molar-refractivity contribution is -0.111. The van der Waals surface area contributed by atoms with Gasteiger partial charge in [-0.05, 0) is 17.5 Å². The lowest BCUT2D eigenvalue weighted by Crippen LogP contribution is -2.36. The van der Waals surface area contributed by atoms with Crippen molar-refractivity contribution < 1.29 is 9.53 Å². The average molecular weight is 316 g/mol. The van der Waals surface area contributed by atoms with Crippen LogP contribution in [-0.2, 0) is 9.53 Å². The number of hydrogen-bond acceptors (Lipinski definition) is 6. The van der Waals surface area contributed by atoms with Gasteiger partial charge in [0, 0.05) is 30.1 Å². The van der Waals surface area contributed by atoms with E-state index in [4.69, 9.17) is 4.74 Å². The molecule has 0 bridgehead atoms. The van der Waals surface area contributed by atoms with Gasteiger partial charge in [0.2, 0.25) is 5.91 Å².